The van der Waals surface area contributed by atoms with Gasteiger partial charge in [-0.2, -0.15) is 0 Å². The molecule has 22 heavy (non-hydrogen) atoms. The molecule has 0 radical (unpaired) electrons. The first-order valence-corrected chi connectivity index (χ1v) is 10.00. The first kappa shape index (κ1) is 16.0. The number of halogens is 1. The fourth-order valence-corrected chi connectivity index (χ4v) is 4.34. The molecule has 2 aliphatic rings. The van der Waals surface area contributed by atoms with Crippen LogP contribution in [0.25, 0.3) is 0 Å². The van der Waals surface area contributed by atoms with Gasteiger partial charge >= 0.3 is 0 Å². The summed E-state index contributed by atoms with van der Waals surface area (Å²) in [6.07, 6.45) is 1.91. The summed E-state index contributed by atoms with van der Waals surface area (Å²) in [5.41, 5.74) is 0.907. The van der Waals surface area contributed by atoms with Crippen LogP contribution in [0.1, 0.15) is 18.4 Å². The van der Waals surface area contributed by atoms with E-state index >= 15 is 0 Å². The van der Waals surface area contributed by atoms with Crippen LogP contribution in [0.15, 0.2) is 28.7 Å². The highest BCUT2D eigenvalue weighted by Gasteiger charge is 2.45. The van der Waals surface area contributed by atoms with Gasteiger partial charge in [-0.1, -0.05) is 28.1 Å². The highest BCUT2D eigenvalue weighted by atomic mass is 79.9. The topological polar surface area (TPSA) is 66.5 Å². The predicted molar refractivity (Wildman–Crippen MR) is 88.3 cm³/mol. The lowest BCUT2D eigenvalue weighted by Crippen LogP contribution is -2.47. The van der Waals surface area contributed by atoms with Crippen LogP contribution in [0.5, 0.6) is 0 Å². The van der Waals surface area contributed by atoms with Crippen molar-refractivity contribution < 1.29 is 13.2 Å². The van der Waals surface area contributed by atoms with Gasteiger partial charge in [0.2, 0.25) is 5.91 Å². The predicted octanol–water partition coefficient (Wildman–Crippen LogP) is 1.28. The first-order valence-electron chi connectivity index (χ1n) is 7.38. The molecule has 120 valence electrons. The lowest BCUT2D eigenvalue weighted by atomic mass is 10.1. The molecule has 1 saturated carbocycles. The summed E-state index contributed by atoms with van der Waals surface area (Å²) >= 11 is 3.42. The van der Waals surface area contributed by atoms with Crippen molar-refractivity contribution in [3.63, 3.8) is 0 Å². The number of nitrogens with one attached hydrogen (secondary N) is 1. The first-order chi connectivity index (χ1) is 10.4. The van der Waals surface area contributed by atoms with E-state index < -0.39 is 9.84 Å². The molecule has 1 saturated heterocycles. The molecule has 1 aliphatic heterocycles. The second-order valence-electron chi connectivity index (χ2n) is 6.07. The van der Waals surface area contributed by atoms with Crippen LogP contribution in [0.4, 0.5) is 0 Å². The Labute approximate surface area is 139 Å². The zero-order valence-corrected chi connectivity index (χ0v) is 14.6. The average Bonchev–Trinajstić information content (AvgIpc) is 3.22. The number of hydrogen-bond acceptors (Lipinski definition) is 4. The minimum Gasteiger partial charge on any atom is -0.345 e. The van der Waals surface area contributed by atoms with E-state index in [0.717, 1.165) is 22.9 Å². The number of amides is 1. The third kappa shape index (κ3) is 3.70. The van der Waals surface area contributed by atoms with E-state index in [1.807, 2.05) is 29.2 Å². The minimum absolute atomic E-state index is 0.0280. The van der Waals surface area contributed by atoms with Crippen molar-refractivity contribution >= 4 is 31.7 Å². The summed E-state index contributed by atoms with van der Waals surface area (Å²) in [5.74, 6) is 0.274. The molecule has 1 aromatic rings. The molecular formula is C15H19BrN2O3S. The number of nitrogens with zero attached hydrogens (tertiary/aromatic N) is 1. The Bertz CT molecular complexity index is 655. The second kappa shape index (κ2) is 5.94. The van der Waals surface area contributed by atoms with E-state index in [-0.39, 0.29) is 29.5 Å². The summed E-state index contributed by atoms with van der Waals surface area (Å²) < 4.78 is 23.8. The van der Waals surface area contributed by atoms with E-state index in [4.69, 9.17) is 0 Å². The number of sulfone groups is 1. The molecule has 1 amide bonds. The Morgan fingerprint density at radius 3 is 2.32 bits per heavy atom. The minimum atomic E-state index is -2.90. The van der Waals surface area contributed by atoms with Crippen LogP contribution in [0.2, 0.25) is 0 Å². The van der Waals surface area contributed by atoms with E-state index in [0.29, 0.717) is 13.1 Å². The maximum atomic E-state index is 12.3. The molecule has 0 atom stereocenters. The maximum Gasteiger partial charge on any atom is 0.234 e. The summed E-state index contributed by atoms with van der Waals surface area (Å²) in [6, 6.07) is 8.03. The number of carbonyl (C=O) groups is 1. The summed E-state index contributed by atoms with van der Waals surface area (Å²) in [6.45, 7) is 1.16. The summed E-state index contributed by atoms with van der Waals surface area (Å²) in [7, 11) is -2.90. The summed E-state index contributed by atoms with van der Waals surface area (Å²) in [4.78, 5) is 14.2. The highest BCUT2D eigenvalue weighted by Crippen LogP contribution is 2.45. The zero-order valence-electron chi connectivity index (χ0n) is 12.2. The van der Waals surface area contributed by atoms with E-state index in [9.17, 15) is 13.2 Å². The van der Waals surface area contributed by atoms with Gasteiger partial charge in [-0.3, -0.25) is 9.69 Å². The standard InChI is InChI=1S/C15H19BrN2O3S/c16-13-3-1-12(2-4-13)15(5-6-15)17-14(19)11-18-7-9-22(20,21)10-8-18/h1-4H,5-11H2,(H,17,19). The molecule has 7 heteroatoms. The number of carbonyl (C=O) groups excluding carboxylic acids is 1. The second-order valence-corrected chi connectivity index (χ2v) is 9.28. The van der Waals surface area contributed by atoms with Gasteiger partial charge in [0.1, 0.15) is 0 Å². The van der Waals surface area contributed by atoms with E-state index in [1.54, 1.807) is 0 Å². The van der Waals surface area contributed by atoms with Crippen molar-refractivity contribution in [3.8, 4) is 0 Å². The molecule has 0 spiro atoms. The van der Waals surface area contributed by atoms with Gasteiger partial charge in [0.15, 0.2) is 9.84 Å². The van der Waals surface area contributed by atoms with Gasteiger partial charge in [-0.15, -0.1) is 0 Å². The van der Waals surface area contributed by atoms with Crippen molar-refractivity contribution in [3.05, 3.63) is 34.3 Å². The normalized spacial score (nSPS) is 23.0. The third-order valence-corrected chi connectivity index (χ3v) is 6.47. The van der Waals surface area contributed by atoms with Gasteiger partial charge < -0.3 is 5.32 Å². The Morgan fingerprint density at radius 2 is 1.77 bits per heavy atom. The zero-order chi connectivity index (χ0) is 15.8. The van der Waals surface area contributed by atoms with Crippen LogP contribution in [0.3, 0.4) is 0 Å². The average molecular weight is 387 g/mol. The van der Waals surface area contributed by atoms with E-state index in [2.05, 4.69) is 21.2 Å². The van der Waals surface area contributed by atoms with Gasteiger partial charge in [0.05, 0.1) is 23.6 Å². The smallest absolute Gasteiger partial charge is 0.234 e. The Kier molecular flexibility index (Phi) is 4.31. The van der Waals surface area contributed by atoms with E-state index in [1.165, 1.54) is 0 Å². The molecule has 3 rings (SSSR count). The highest BCUT2D eigenvalue weighted by molar-refractivity contribution is 9.10. The molecule has 0 aromatic heterocycles. The van der Waals surface area contributed by atoms with Crippen LogP contribution in [0, 0.1) is 0 Å². The molecule has 2 fully saturated rings. The third-order valence-electron chi connectivity index (χ3n) is 4.33. The van der Waals surface area contributed by atoms with Gasteiger partial charge in [0.25, 0.3) is 0 Å². The Balaban J connectivity index is 1.57. The molecule has 1 aromatic carbocycles. The fourth-order valence-electron chi connectivity index (χ4n) is 2.80. The SMILES string of the molecule is O=C(CN1CCS(=O)(=O)CC1)NC1(c2ccc(Br)cc2)CC1. The van der Waals surface area contributed by atoms with Gasteiger partial charge in [-0.05, 0) is 30.5 Å². The molecule has 1 N–H and O–H groups in total. The molecule has 1 heterocycles. The van der Waals surface area contributed by atoms with Crippen molar-refractivity contribution in [1.82, 2.24) is 10.2 Å². The molecular weight excluding hydrogens is 368 g/mol. The van der Waals surface area contributed by atoms with Crippen LogP contribution in [-0.4, -0.2) is 50.4 Å². The molecule has 5 nitrogen and oxygen atoms in total. The Morgan fingerprint density at radius 1 is 1.18 bits per heavy atom. The van der Waals surface area contributed by atoms with Crippen LogP contribution < -0.4 is 5.32 Å². The van der Waals surface area contributed by atoms with Crippen molar-refractivity contribution in [2.75, 3.05) is 31.1 Å². The molecule has 0 unspecified atom stereocenters. The lowest BCUT2D eigenvalue weighted by molar-refractivity contribution is -0.123. The van der Waals surface area contributed by atoms with Crippen molar-refractivity contribution in [2.24, 2.45) is 0 Å². The molecule has 0 bridgehead atoms. The van der Waals surface area contributed by atoms with Crippen molar-refractivity contribution in [2.45, 2.75) is 18.4 Å². The Hall–Kier alpha value is -0.920. The lowest BCUT2D eigenvalue weighted by Gasteiger charge is -2.27. The number of hydrogen-bond donors (Lipinski definition) is 1. The maximum absolute atomic E-state index is 12.3. The monoisotopic (exact) mass is 386 g/mol. The number of benzene rings is 1. The van der Waals surface area contributed by atoms with Gasteiger partial charge in [0, 0.05) is 17.6 Å². The molecule has 1 aliphatic carbocycles. The van der Waals surface area contributed by atoms with Gasteiger partial charge in [-0.25, -0.2) is 8.42 Å². The van der Waals surface area contributed by atoms with Crippen LogP contribution in [-0.2, 0) is 20.2 Å². The summed E-state index contributed by atoms with van der Waals surface area (Å²) in [5, 5.41) is 3.13. The van der Waals surface area contributed by atoms with Crippen molar-refractivity contribution in [1.29, 1.82) is 0 Å². The largest absolute Gasteiger partial charge is 0.345 e. The quantitative estimate of drug-likeness (QED) is 0.846. The number of rotatable bonds is 4. The fraction of sp³-hybridized carbons (Fsp3) is 0.533. The van der Waals surface area contributed by atoms with Crippen LogP contribution >= 0.6 is 15.9 Å².